The van der Waals surface area contributed by atoms with E-state index in [4.69, 9.17) is 37.0 Å². The molecule has 2 unspecified atom stereocenters. The topological polar surface area (TPSA) is 237 Å². The maximum atomic E-state index is 13.1. The number of rotatable bonds is 75. The van der Waals surface area contributed by atoms with Crippen LogP contribution >= 0.6 is 15.6 Å². The van der Waals surface area contributed by atoms with Crippen molar-refractivity contribution in [3.05, 3.63) is 24.3 Å². The fraction of sp³-hybridized carbons (Fsp3) is 0.896. The van der Waals surface area contributed by atoms with Gasteiger partial charge in [0, 0.05) is 25.7 Å². The zero-order valence-electron chi connectivity index (χ0n) is 62.0. The van der Waals surface area contributed by atoms with Crippen LogP contribution in [0.25, 0.3) is 0 Å². The van der Waals surface area contributed by atoms with Crippen molar-refractivity contribution >= 4 is 39.5 Å². The summed E-state index contributed by atoms with van der Waals surface area (Å²) in [6.07, 6.45) is 61.6. The van der Waals surface area contributed by atoms with Gasteiger partial charge in [-0.2, -0.15) is 0 Å². The molecule has 0 aromatic heterocycles. The number of hydrogen-bond acceptors (Lipinski definition) is 15. The standard InChI is InChI=1S/C77H146O17P2/c1-6-9-12-15-18-21-24-26-28-30-37-42-47-52-57-62-76(81)93-72(66-87-74(79)60-55-50-45-40-34-23-20-17-14-11-8-3)68-91-95(83,84)89-64-71(78)65-90-96(85,86)92-69-73(94-77(82)63-58-53-48-43-38-31-29-27-25-22-19-16-13-10-7-2)67-88-75(80)61-56-51-46-41-36-33-32-35-39-44-49-54-59-70(4)5/h22,25,27,29,70-73,78H,6-21,23-24,26,28,30-69H2,1-5H3,(H,83,84)(H,85,86)/b25-22-,29-27-/t71-,72+,73+/m0/s1. The van der Waals surface area contributed by atoms with Gasteiger partial charge in [0.2, 0.25) is 0 Å². The van der Waals surface area contributed by atoms with Gasteiger partial charge in [0.1, 0.15) is 19.3 Å². The number of carbonyl (C=O) groups is 4. The summed E-state index contributed by atoms with van der Waals surface area (Å²) in [5.41, 5.74) is 0. The fourth-order valence-electron chi connectivity index (χ4n) is 11.3. The second-order valence-corrected chi connectivity index (χ2v) is 30.4. The lowest BCUT2D eigenvalue weighted by atomic mass is 10.0. The van der Waals surface area contributed by atoms with Crippen molar-refractivity contribution in [3.63, 3.8) is 0 Å². The van der Waals surface area contributed by atoms with E-state index in [1.54, 1.807) is 0 Å². The Hall–Kier alpha value is -2.46. The number of ether oxygens (including phenoxy) is 4. The van der Waals surface area contributed by atoms with Gasteiger partial charge in [-0.15, -0.1) is 0 Å². The van der Waals surface area contributed by atoms with Crippen LogP contribution < -0.4 is 0 Å². The first-order valence-corrected chi connectivity index (χ1v) is 42.4. The molecule has 0 saturated carbocycles. The minimum absolute atomic E-state index is 0.0854. The normalized spacial score (nSPS) is 14.1. The molecule has 0 heterocycles. The molecule has 19 heteroatoms. The summed E-state index contributed by atoms with van der Waals surface area (Å²) in [6.45, 7) is 7.25. The molecule has 0 rings (SSSR count). The average Bonchev–Trinajstić information content (AvgIpc) is 2.34. The molecule has 0 aromatic rings. The number of aliphatic hydroxyl groups excluding tert-OH is 1. The minimum atomic E-state index is -4.97. The van der Waals surface area contributed by atoms with Gasteiger partial charge in [0.25, 0.3) is 0 Å². The van der Waals surface area contributed by atoms with E-state index in [0.717, 1.165) is 109 Å². The van der Waals surface area contributed by atoms with Gasteiger partial charge in [-0.3, -0.25) is 37.3 Å². The van der Waals surface area contributed by atoms with Crippen molar-refractivity contribution in [3.8, 4) is 0 Å². The Bertz CT molecular complexity index is 1930. The summed E-state index contributed by atoms with van der Waals surface area (Å²) in [5, 5.41) is 10.6. The van der Waals surface area contributed by atoms with Crippen LogP contribution in [-0.4, -0.2) is 96.7 Å². The molecule has 566 valence electrons. The van der Waals surface area contributed by atoms with E-state index in [1.165, 1.54) is 193 Å². The molecule has 0 aliphatic rings. The Morgan fingerprint density at radius 2 is 0.562 bits per heavy atom. The third kappa shape index (κ3) is 70.0. The van der Waals surface area contributed by atoms with Crippen LogP contribution in [0.1, 0.15) is 381 Å². The molecule has 0 fully saturated rings. The molecular formula is C77H146O17P2. The fourth-order valence-corrected chi connectivity index (χ4v) is 12.9. The maximum Gasteiger partial charge on any atom is 0.472 e. The molecule has 0 aliphatic heterocycles. The van der Waals surface area contributed by atoms with Crippen LogP contribution in [-0.2, 0) is 65.4 Å². The molecule has 5 atom stereocenters. The lowest BCUT2D eigenvalue weighted by molar-refractivity contribution is -0.161. The number of phosphoric ester groups is 2. The first-order valence-electron chi connectivity index (χ1n) is 39.5. The van der Waals surface area contributed by atoms with E-state index < -0.39 is 97.5 Å². The van der Waals surface area contributed by atoms with Crippen molar-refractivity contribution in [2.75, 3.05) is 39.6 Å². The van der Waals surface area contributed by atoms with Gasteiger partial charge in [0.05, 0.1) is 26.4 Å². The van der Waals surface area contributed by atoms with Crippen LogP contribution in [0.15, 0.2) is 24.3 Å². The predicted octanol–water partition coefficient (Wildman–Crippen LogP) is 22.4. The summed E-state index contributed by atoms with van der Waals surface area (Å²) in [4.78, 5) is 72.8. The quantitative estimate of drug-likeness (QED) is 0.0169. The van der Waals surface area contributed by atoms with Gasteiger partial charge in [-0.25, -0.2) is 9.13 Å². The first-order chi connectivity index (χ1) is 46.5. The second-order valence-electron chi connectivity index (χ2n) is 27.5. The monoisotopic (exact) mass is 1410 g/mol. The third-order valence-corrected chi connectivity index (χ3v) is 19.3. The van der Waals surface area contributed by atoms with Gasteiger partial charge >= 0.3 is 39.5 Å². The van der Waals surface area contributed by atoms with Crippen LogP contribution in [0, 0.1) is 5.92 Å². The number of allylic oxidation sites excluding steroid dienone is 4. The first kappa shape index (κ1) is 93.5. The summed E-state index contributed by atoms with van der Waals surface area (Å²) >= 11 is 0. The van der Waals surface area contributed by atoms with E-state index in [1.807, 2.05) is 0 Å². The van der Waals surface area contributed by atoms with E-state index in [-0.39, 0.29) is 25.7 Å². The highest BCUT2D eigenvalue weighted by Crippen LogP contribution is 2.45. The lowest BCUT2D eigenvalue weighted by Crippen LogP contribution is -2.30. The Morgan fingerprint density at radius 1 is 0.323 bits per heavy atom. The van der Waals surface area contributed by atoms with Crippen LogP contribution in [0.5, 0.6) is 0 Å². The smallest absolute Gasteiger partial charge is 0.462 e. The van der Waals surface area contributed by atoms with Crippen molar-refractivity contribution in [2.24, 2.45) is 5.92 Å². The highest BCUT2D eigenvalue weighted by molar-refractivity contribution is 7.47. The molecule has 0 spiro atoms. The molecule has 3 N–H and O–H groups in total. The summed E-state index contributed by atoms with van der Waals surface area (Å²) in [5.74, 6) is -1.36. The van der Waals surface area contributed by atoms with Crippen molar-refractivity contribution in [1.29, 1.82) is 0 Å². The van der Waals surface area contributed by atoms with Crippen LogP contribution in [0.2, 0.25) is 0 Å². The number of aliphatic hydroxyl groups is 1. The molecule has 96 heavy (non-hydrogen) atoms. The van der Waals surface area contributed by atoms with E-state index in [2.05, 4.69) is 58.9 Å². The maximum absolute atomic E-state index is 13.1. The zero-order chi connectivity index (χ0) is 70.5. The molecule has 0 saturated heterocycles. The van der Waals surface area contributed by atoms with E-state index >= 15 is 0 Å². The summed E-state index contributed by atoms with van der Waals surface area (Å²) in [6, 6.07) is 0. The number of carbonyl (C=O) groups excluding carboxylic acids is 4. The number of unbranched alkanes of at least 4 members (excludes halogenated alkanes) is 44. The SMILES string of the molecule is CCCCCC/C=C\C=C/CCCCCCCC(=O)O[C@H](COC(=O)CCCCCCCCCCCCCCC(C)C)COP(=O)(O)OC[C@@H](O)COP(=O)(O)OC[C@@H](COC(=O)CCCCCCCCCCCCC)OC(=O)CCCCCCCCCCCCCCCCC. The number of phosphoric acid groups is 2. The number of esters is 4. The summed E-state index contributed by atoms with van der Waals surface area (Å²) in [7, 11) is -9.92. The zero-order valence-corrected chi connectivity index (χ0v) is 63.8. The van der Waals surface area contributed by atoms with Crippen molar-refractivity contribution in [1.82, 2.24) is 0 Å². The van der Waals surface area contributed by atoms with E-state index in [0.29, 0.717) is 25.7 Å². The molecule has 0 radical (unpaired) electrons. The minimum Gasteiger partial charge on any atom is -0.462 e. The molecule has 0 aliphatic carbocycles. The number of hydrogen-bond donors (Lipinski definition) is 3. The van der Waals surface area contributed by atoms with Crippen molar-refractivity contribution < 1.29 is 80.2 Å². The highest BCUT2D eigenvalue weighted by Gasteiger charge is 2.30. The van der Waals surface area contributed by atoms with Crippen molar-refractivity contribution in [2.45, 2.75) is 400 Å². The third-order valence-electron chi connectivity index (χ3n) is 17.4. The highest BCUT2D eigenvalue weighted by atomic mass is 31.2. The molecule has 17 nitrogen and oxygen atoms in total. The van der Waals surface area contributed by atoms with E-state index in [9.17, 15) is 43.2 Å². The molecule has 0 aromatic carbocycles. The molecule has 0 bridgehead atoms. The summed E-state index contributed by atoms with van der Waals surface area (Å²) < 4.78 is 68.5. The van der Waals surface area contributed by atoms with Gasteiger partial charge < -0.3 is 33.8 Å². The molecular weight excluding hydrogens is 1260 g/mol. The molecule has 0 amide bonds. The van der Waals surface area contributed by atoms with Gasteiger partial charge in [-0.05, 0) is 57.3 Å². The average molecular weight is 1410 g/mol. The lowest BCUT2D eigenvalue weighted by Gasteiger charge is -2.21. The van der Waals surface area contributed by atoms with Crippen LogP contribution in [0.3, 0.4) is 0 Å². The largest absolute Gasteiger partial charge is 0.472 e. The van der Waals surface area contributed by atoms with Gasteiger partial charge in [-0.1, -0.05) is 329 Å². The Labute approximate surface area is 586 Å². The Kier molecular flexibility index (Phi) is 67.8. The predicted molar refractivity (Wildman–Crippen MR) is 391 cm³/mol. The van der Waals surface area contributed by atoms with Crippen LogP contribution in [0.4, 0.5) is 0 Å². The Balaban J connectivity index is 5.29. The van der Waals surface area contributed by atoms with Gasteiger partial charge in [0.15, 0.2) is 12.2 Å². The second kappa shape index (κ2) is 69.6. The Morgan fingerprint density at radius 3 is 0.854 bits per heavy atom.